The molecule has 13 heteroatoms. The van der Waals surface area contributed by atoms with Crippen molar-refractivity contribution in [1.82, 2.24) is 0 Å². The van der Waals surface area contributed by atoms with Gasteiger partial charge in [-0.1, -0.05) is 36.4 Å². The summed E-state index contributed by atoms with van der Waals surface area (Å²) in [7, 11) is 0. The van der Waals surface area contributed by atoms with Gasteiger partial charge in [0.15, 0.2) is 12.2 Å². The van der Waals surface area contributed by atoms with E-state index in [1.807, 2.05) is 24.3 Å². The van der Waals surface area contributed by atoms with Crippen molar-refractivity contribution in [2.24, 2.45) is 0 Å². The van der Waals surface area contributed by atoms with Crippen LogP contribution < -0.4 is 4.74 Å². The lowest BCUT2D eigenvalue weighted by Crippen LogP contribution is -2.63. The molecule has 2 aromatic carbocycles. The zero-order chi connectivity index (χ0) is 32.2. The van der Waals surface area contributed by atoms with Crippen LogP contribution in [0.5, 0.6) is 5.75 Å². The van der Waals surface area contributed by atoms with E-state index in [0.29, 0.717) is 11.3 Å². The van der Waals surface area contributed by atoms with Crippen molar-refractivity contribution in [1.29, 1.82) is 0 Å². The number of rotatable bonds is 13. The minimum absolute atomic E-state index is 0.148. The minimum atomic E-state index is -1.40. The Balaban J connectivity index is 1.95. The van der Waals surface area contributed by atoms with Gasteiger partial charge in [-0.25, -0.2) is 4.79 Å². The fourth-order valence-electron chi connectivity index (χ4n) is 4.50. The lowest BCUT2D eigenvalue weighted by molar-refractivity contribution is -0.288. The van der Waals surface area contributed by atoms with Crippen molar-refractivity contribution in [3.05, 3.63) is 54.1 Å². The molecular formula is C31H36O13. The lowest BCUT2D eigenvalue weighted by Gasteiger charge is -2.44. The molecule has 44 heavy (non-hydrogen) atoms. The maximum absolute atomic E-state index is 12.2. The molecule has 1 fully saturated rings. The molecular weight excluding hydrogens is 580 g/mol. The van der Waals surface area contributed by atoms with Crippen LogP contribution in [0.2, 0.25) is 0 Å². The number of hydrogen-bond donors (Lipinski definition) is 0. The van der Waals surface area contributed by atoms with Crippen LogP contribution in [0.1, 0.15) is 40.2 Å². The van der Waals surface area contributed by atoms with Gasteiger partial charge in [0.05, 0.1) is 13.2 Å². The molecule has 13 nitrogen and oxygen atoms in total. The number of carbonyl (C=O) groups is 5. The summed E-state index contributed by atoms with van der Waals surface area (Å²) in [5.41, 5.74) is 2.12. The van der Waals surface area contributed by atoms with Gasteiger partial charge >= 0.3 is 29.8 Å². The average Bonchev–Trinajstić information content (AvgIpc) is 2.95. The monoisotopic (exact) mass is 616 g/mol. The van der Waals surface area contributed by atoms with Crippen molar-refractivity contribution in [3.8, 4) is 16.9 Å². The fraction of sp³-hybridized carbons (Fsp3) is 0.452. The third-order valence-electron chi connectivity index (χ3n) is 6.11. The molecule has 0 saturated carbocycles. The van der Waals surface area contributed by atoms with Crippen LogP contribution in [0.25, 0.3) is 11.1 Å². The molecule has 1 aliphatic rings. The van der Waals surface area contributed by atoms with E-state index in [-0.39, 0.29) is 26.4 Å². The summed E-state index contributed by atoms with van der Waals surface area (Å²) in [4.78, 5) is 59.5. The quantitative estimate of drug-likeness (QED) is 0.239. The largest absolute Gasteiger partial charge is 0.464 e. The zero-order valence-corrected chi connectivity index (χ0v) is 25.1. The van der Waals surface area contributed by atoms with Crippen molar-refractivity contribution in [2.45, 2.75) is 71.9 Å². The lowest BCUT2D eigenvalue weighted by atomic mass is 9.97. The number of hydrogen-bond acceptors (Lipinski definition) is 13. The molecule has 0 radical (unpaired) electrons. The molecule has 238 valence electrons. The van der Waals surface area contributed by atoms with Crippen molar-refractivity contribution < 1.29 is 61.9 Å². The molecule has 2 aromatic rings. The van der Waals surface area contributed by atoms with Crippen LogP contribution in [-0.4, -0.2) is 80.4 Å². The Morgan fingerprint density at radius 2 is 1.41 bits per heavy atom. The van der Waals surface area contributed by atoms with Crippen molar-refractivity contribution in [3.63, 3.8) is 0 Å². The van der Waals surface area contributed by atoms with Gasteiger partial charge in [0.25, 0.3) is 0 Å². The predicted octanol–water partition coefficient (Wildman–Crippen LogP) is 2.90. The van der Waals surface area contributed by atoms with Gasteiger partial charge in [-0.3, -0.25) is 19.2 Å². The van der Waals surface area contributed by atoms with E-state index >= 15 is 0 Å². The van der Waals surface area contributed by atoms with Gasteiger partial charge in [-0.05, 0) is 30.2 Å². The molecule has 0 unspecified atom stereocenters. The molecule has 0 aromatic heterocycles. The molecule has 3 rings (SSSR count). The van der Waals surface area contributed by atoms with E-state index < -0.39 is 60.6 Å². The van der Waals surface area contributed by atoms with Crippen LogP contribution >= 0.6 is 0 Å². The second-order valence-corrected chi connectivity index (χ2v) is 9.68. The van der Waals surface area contributed by atoms with E-state index in [0.717, 1.165) is 31.9 Å². The number of ether oxygens (including phenoxy) is 8. The molecule has 0 N–H and O–H groups in total. The Hall–Kier alpha value is -4.49. The molecule has 1 aliphatic heterocycles. The van der Waals surface area contributed by atoms with Crippen LogP contribution in [0.3, 0.4) is 0 Å². The molecule has 0 bridgehead atoms. The summed E-state index contributed by atoms with van der Waals surface area (Å²) >= 11 is 0. The highest BCUT2D eigenvalue weighted by atomic mass is 16.7. The van der Waals surface area contributed by atoms with E-state index in [4.69, 9.17) is 37.9 Å². The number of benzene rings is 2. The topological polar surface area (TPSA) is 159 Å². The molecule has 0 aliphatic carbocycles. The van der Waals surface area contributed by atoms with Gasteiger partial charge in [-0.15, -0.1) is 0 Å². The Bertz CT molecular complexity index is 1320. The SMILES string of the molecule is CCOC(=O)COCc1cccc(-c2ccccc2O[C@@H]2O[C@H](COC(C)=O)[C@@H](OC(C)=O)[C@H](OC(C)=O)[C@@H]2OC(C)=O)c1. The summed E-state index contributed by atoms with van der Waals surface area (Å²) in [6.45, 7) is 6.16. The van der Waals surface area contributed by atoms with Gasteiger partial charge in [0, 0.05) is 33.3 Å². The van der Waals surface area contributed by atoms with Crippen molar-refractivity contribution in [2.75, 3.05) is 19.8 Å². The van der Waals surface area contributed by atoms with E-state index in [9.17, 15) is 24.0 Å². The first kappa shape index (κ1) is 34.0. The zero-order valence-electron chi connectivity index (χ0n) is 25.1. The third kappa shape index (κ3) is 10.1. The molecule has 1 saturated heterocycles. The van der Waals surface area contributed by atoms with E-state index in [1.165, 1.54) is 6.92 Å². The number of carbonyl (C=O) groups excluding carboxylic acids is 5. The molecule has 0 amide bonds. The van der Waals surface area contributed by atoms with Crippen molar-refractivity contribution >= 4 is 29.8 Å². The van der Waals surface area contributed by atoms with Gasteiger partial charge in [0.2, 0.25) is 12.4 Å². The summed E-state index contributed by atoms with van der Waals surface area (Å²) in [6.07, 6.45) is -6.61. The van der Waals surface area contributed by atoms with Crippen LogP contribution in [0.4, 0.5) is 0 Å². The Kier molecular flexibility index (Phi) is 12.7. The Morgan fingerprint density at radius 3 is 2.07 bits per heavy atom. The average molecular weight is 617 g/mol. The second-order valence-electron chi connectivity index (χ2n) is 9.68. The number of esters is 5. The highest BCUT2D eigenvalue weighted by Crippen LogP contribution is 2.35. The van der Waals surface area contributed by atoms with Crippen LogP contribution in [-0.2, 0) is 63.7 Å². The third-order valence-corrected chi connectivity index (χ3v) is 6.11. The highest BCUT2D eigenvalue weighted by molar-refractivity contribution is 5.72. The molecule has 5 atom stereocenters. The number of para-hydroxylation sites is 1. The molecule has 0 spiro atoms. The first-order valence-corrected chi connectivity index (χ1v) is 13.9. The summed E-state index contributed by atoms with van der Waals surface area (Å²) in [6, 6.07) is 14.3. The maximum atomic E-state index is 12.2. The van der Waals surface area contributed by atoms with E-state index in [1.54, 1.807) is 31.2 Å². The Labute approximate surface area is 254 Å². The predicted molar refractivity (Wildman–Crippen MR) is 151 cm³/mol. The Morgan fingerprint density at radius 1 is 0.750 bits per heavy atom. The molecule has 1 heterocycles. The van der Waals surface area contributed by atoms with E-state index in [2.05, 4.69) is 0 Å². The highest BCUT2D eigenvalue weighted by Gasteiger charge is 2.53. The fourth-order valence-corrected chi connectivity index (χ4v) is 4.50. The van der Waals surface area contributed by atoms with Gasteiger partial charge < -0.3 is 37.9 Å². The van der Waals surface area contributed by atoms with Gasteiger partial charge in [-0.2, -0.15) is 0 Å². The first-order chi connectivity index (χ1) is 21.0. The summed E-state index contributed by atoms with van der Waals surface area (Å²) in [5.74, 6) is -3.02. The summed E-state index contributed by atoms with van der Waals surface area (Å²) in [5, 5.41) is 0. The minimum Gasteiger partial charge on any atom is -0.464 e. The van der Waals surface area contributed by atoms with Crippen LogP contribution in [0.15, 0.2) is 48.5 Å². The smallest absolute Gasteiger partial charge is 0.332 e. The first-order valence-electron chi connectivity index (χ1n) is 13.9. The van der Waals surface area contributed by atoms with Gasteiger partial charge in [0.1, 0.15) is 25.1 Å². The van der Waals surface area contributed by atoms with Crippen LogP contribution in [0, 0.1) is 0 Å². The normalized spacial score (nSPS) is 21.0. The summed E-state index contributed by atoms with van der Waals surface area (Å²) < 4.78 is 44.2. The standard InChI is InChI=1S/C31H36O13/c1-6-38-27(36)17-37-15-22-10-9-11-23(14-22)24-12-7-8-13-25(24)43-31-30(42-21(5)35)29(41-20(4)34)28(40-19(3)33)26(44-31)16-39-18(2)32/h7-14,26,28-31H,6,15-17H2,1-5H3/t26-,28-,29+,30+,31-/m1/s1. The second kappa shape index (κ2) is 16.4. The maximum Gasteiger partial charge on any atom is 0.332 e.